The van der Waals surface area contributed by atoms with Crippen LogP contribution in [0.5, 0.6) is 5.75 Å². The van der Waals surface area contributed by atoms with Crippen molar-refractivity contribution in [3.63, 3.8) is 0 Å². The molecule has 0 saturated carbocycles. The Hall–Kier alpha value is -2.90. The summed E-state index contributed by atoms with van der Waals surface area (Å²) in [6, 6.07) is 4.63. The van der Waals surface area contributed by atoms with Gasteiger partial charge in [0.05, 0.1) is 19.5 Å². The number of anilines is 1. The Morgan fingerprint density at radius 3 is 2.73 bits per heavy atom. The van der Waals surface area contributed by atoms with Crippen LogP contribution in [0.3, 0.4) is 0 Å². The maximum absolute atomic E-state index is 10.3. The molecule has 1 saturated heterocycles. The van der Waals surface area contributed by atoms with E-state index in [4.69, 9.17) is 22.1 Å². The number of aliphatic hydroxyl groups is 3. The van der Waals surface area contributed by atoms with E-state index in [-0.39, 0.29) is 35.2 Å². The summed E-state index contributed by atoms with van der Waals surface area (Å²) in [6.45, 7) is -0.409. The molecule has 12 nitrogen and oxygen atoms in total. The van der Waals surface area contributed by atoms with Crippen LogP contribution in [-0.2, 0) is 11.3 Å². The monoisotopic (exact) mass is 435 g/mol. The predicted molar refractivity (Wildman–Crippen MR) is 104 cm³/mol. The van der Waals surface area contributed by atoms with Crippen molar-refractivity contribution in [1.29, 1.82) is 0 Å². The Balaban J connectivity index is 1.62. The topological polar surface area (TPSA) is 184 Å². The van der Waals surface area contributed by atoms with Gasteiger partial charge in [0.1, 0.15) is 29.6 Å². The van der Waals surface area contributed by atoms with Crippen molar-refractivity contribution in [2.45, 2.75) is 31.1 Å². The first-order valence-electron chi connectivity index (χ1n) is 8.86. The van der Waals surface area contributed by atoms with E-state index in [0.29, 0.717) is 10.6 Å². The summed E-state index contributed by atoms with van der Waals surface area (Å²) in [5.41, 5.74) is 6.90. The normalized spacial score (nSPS) is 24.3. The van der Waals surface area contributed by atoms with Gasteiger partial charge in [0.15, 0.2) is 17.7 Å². The summed E-state index contributed by atoms with van der Waals surface area (Å²) in [5, 5.41) is 47.7. The molecule has 13 heteroatoms. The minimum atomic E-state index is -1.31. The second kappa shape index (κ2) is 8.08. The number of imidazole rings is 1. The number of fused-ring (bicyclic) bond motifs is 1. The van der Waals surface area contributed by atoms with E-state index in [9.17, 15) is 20.4 Å². The van der Waals surface area contributed by atoms with Gasteiger partial charge in [0, 0.05) is 10.6 Å². The number of hydrogen-bond acceptors (Lipinski definition) is 11. The van der Waals surface area contributed by atoms with Crippen molar-refractivity contribution in [3.8, 4) is 5.75 Å². The summed E-state index contributed by atoms with van der Waals surface area (Å²) in [4.78, 5) is 12.4. The molecular weight excluding hydrogens is 418 g/mol. The Labute approximate surface area is 174 Å². The lowest BCUT2D eigenvalue weighted by molar-refractivity contribution is -0.0511. The van der Waals surface area contributed by atoms with Crippen molar-refractivity contribution < 1.29 is 25.2 Å². The summed E-state index contributed by atoms with van der Waals surface area (Å²) in [7, 11) is 0. The van der Waals surface area contributed by atoms with Gasteiger partial charge in [-0.1, -0.05) is 17.7 Å². The fourth-order valence-corrected chi connectivity index (χ4v) is 3.28. The van der Waals surface area contributed by atoms with Crippen molar-refractivity contribution >= 4 is 34.5 Å². The van der Waals surface area contributed by atoms with Crippen molar-refractivity contribution in [1.82, 2.24) is 19.5 Å². The van der Waals surface area contributed by atoms with Gasteiger partial charge in [-0.2, -0.15) is 15.1 Å². The van der Waals surface area contributed by atoms with E-state index in [1.807, 2.05) is 0 Å². The third-order valence-electron chi connectivity index (χ3n) is 4.68. The molecule has 4 atom stereocenters. The van der Waals surface area contributed by atoms with Gasteiger partial charge >= 0.3 is 0 Å². The lowest BCUT2D eigenvalue weighted by Gasteiger charge is -2.16. The van der Waals surface area contributed by atoms with Gasteiger partial charge in [0.2, 0.25) is 0 Å². The third-order valence-corrected chi connectivity index (χ3v) is 4.91. The molecule has 6 N–H and O–H groups in total. The standard InChI is InChI=1S/C17H18ClN7O5/c18-8-2-1-7(9(27)3-8)4-21-24-17-22-14(19)11-15(23-17)25(6-20-11)16-13(29)12(28)10(5-26)30-16/h1-3,6,10,12-13,16,26-29H,4-5H2,(H2,19,22,23)/t10-,12-,13-,16-/m1/s1. The quantitative estimate of drug-likeness (QED) is 0.359. The lowest BCUT2D eigenvalue weighted by atomic mass is 10.1. The van der Waals surface area contributed by atoms with Gasteiger partial charge in [-0.05, 0) is 12.1 Å². The molecule has 0 amide bonds. The number of aliphatic hydroxyl groups excluding tert-OH is 3. The minimum Gasteiger partial charge on any atom is -0.508 e. The van der Waals surface area contributed by atoms with Gasteiger partial charge in [-0.3, -0.25) is 4.57 Å². The second-order valence-corrected chi connectivity index (χ2v) is 7.07. The highest BCUT2D eigenvalue weighted by Crippen LogP contribution is 2.32. The molecule has 0 unspecified atom stereocenters. The largest absolute Gasteiger partial charge is 0.508 e. The number of rotatable bonds is 5. The number of aromatic nitrogens is 4. The number of aromatic hydroxyl groups is 1. The maximum Gasteiger partial charge on any atom is 0.272 e. The van der Waals surface area contributed by atoms with Crippen LogP contribution in [-0.4, -0.2) is 64.9 Å². The van der Waals surface area contributed by atoms with E-state index >= 15 is 0 Å². The number of phenols is 1. The van der Waals surface area contributed by atoms with Gasteiger partial charge in [0.25, 0.3) is 5.95 Å². The molecule has 1 aromatic carbocycles. The Morgan fingerprint density at radius 1 is 1.23 bits per heavy atom. The SMILES string of the molecule is Nc1nc(N=NCc2ccc(Cl)cc2O)nc2c1ncn2[C@@H]1O[C@H](CO)[C@@H](O)[C@H]1O. The van der Waals surface area contributed by atoms with Crippen LogP contribution in [0, 0.1) is 0 Å². The molecule has 1 fully saturated rings. The van der Waals surface area contributed by atoms with E-state index in [2.05, 4.69) is 25.2 Å². The fraction of sp³-hybridized carbons (Fsp3) is 0.353. The molecular formula is C17H18ClN7O5. The number of halogens is 1. The summed E-state index contributed by atoms with van der Waals surface area (Å²) in [5.74, 6) is -0.0458. The van der Waals surface area contributed by atoms with Crippen LogP contribution in [0.4, 0.5) is 11.8 Å². The lowest BCUT2D eigenvalue weighted by Crippen LogP contribution is -2.33. The van der Waals surface area contributed by atoms with Crippen LogP contribution >= 0.6 is 11.6 Å². The first-order valence-corrected chi connectivity index (χ1v) is 9.24. The minimum absolute atomic E-state index is 0.0141. The van der Waals surface area contributed by atoms with Crippen LogP contribution < -0.4 is 5.73 Å². The Morgan fingerprint density at radius 2 is 2.03 bits per heavy atom. The zero-order chi connectivity index (χ0) is 21.4. The number of nitrogen functional groups attached to an aromatic ring is 1. The fourth-order valence-electron chi connectivity index (χ4n) is 3.11. The maximum atomic E-state index is 10.3. The average molecular weight is 436 g/mol. The first kappa shape index (κ1) is 20.4. The molecule has 0 spiro atoms. The second-order valence-electron chi connectivity index (χ2n) is 6.63. The Bertz CT molecular complexity index is 1110. The van der Waals surface area contributed by atoms with Crippen molar-refractivity contribution in [3.05, 3.63) is 35.1 Å². The van der Waals surface area contributed by atoms with Gasteiger partial charge in [-0.25, -0.2) is 4.98 Å². The molecule has 1 aliphatic rings. The highest BCUT2D eigenvalue weighted by Gasteiger charge is 2.44. The zero-order valence-corrected chi connectivity index (χ0v) is 16.1. The molecule has 30 heavy (non-hydrogen) atoms. The number of benzene rings is 1. The van der Waals surface area contributed by atoms with Crippen LogP contribution in [0.15, 0.2) is 34.8 Å². The number of nitrogens with two attached hydrogens (primary N) is 1. The highest BCUT2D eigenvalue weighted by molar-refractivity contribution is 6.30. The van der Waals surface area contributed by atoms with E-state index < -0.39 is 31.1 Å². The number of azo groups is 1. The summed E-state index contributed by atoms with van der Waals surface area (Å²) < 4.78 is 6.88. The zero-order valence-electron chi connectivity index (χ0n) is 15.4. The molecule has 4 rings (SSSR count). The first-order chi connectivity index (χ1) is 14.4. The number of hydrogen-bond donors (Lipinski definition) is 5. The molecule has 0 aliphatic carbocycles. The molecule has 1 aliphatic heterocycles. The molecule has 2 aromatic heterocycles. The van der Waals surface area contributed by atoms with E-state index in [1.54, 1.807) is 12.1 Å². The number of ether oxygens (including phenoxy) is 1. The molecule has 0 bridgehead atoms. The predicted octanol–water partition coefficient (Wildman–Crippen LogP) is 0.663. The van der Waals surface area contributed by atoms with E-state index in [0.717, 1.165) is 0 Å². The van der Waals surface area contributed by atoms with Gasteiger partial charge in [-0.15, -0.1) is 5.11 Å². The van der Waals surface area contributed by atoms with Crippen LogP contribution in [0.25, 0.3) is 11.2 Å². The smallest absolute Gasteiger partial charge is 0.272 e. The molecule has 158 valence electrons. The molecule has 3 heterocycles. The van der Waals surface area contributed by atoms with Crippen LogP contribution in [0.1, 0.15) is 11.8 Å². The number of nitrogens with zero attached hydrogens (tertiary/aromatic N) is 6. The van der Waals surface area contributed by atoms with E-state index in [1.165, 1.54) is 17.0 Å². The molecule has 3 aromatic rings. The van der Waals surface area contributed by atoms with Gasteiger partial charge < -0.3 is 30.9 Å². The highest BCUT2D eigenvalue weighted by atomic mass is 35.5. The summed E-state index contributed by atoms with van der Waals surface area (Å²) in [6.07, 6.45) is -3.24. The van der Waals surface area contributed by atoms with Crippen molar-refractivity contribution in [2.24, 2.45) is 10.2 Å². The average Bonchev–Trinajstić information content (AvgIpc) is 3.25. The summed E-state index contributed by atoms with van der Waals surface area (Å²) >= 11 is 5.80. The number of phenolic OH excluding ortho intramolecular Hbond substituents is 1. The van der Waals surface area contributed by atoms with Crippen molar-refractivity contribution in [2.75, 3.05) is 12.3 Å². The molecule has 0 radical (unpaired) electrons. The Kier molecular flexibility index (Phi) is 5.49. The third kappa shape index (κ3) is 3.66. The van der Waals surface area contributed by atoms with Crippen LogP contribution in [0.2, 0.25) is 5.02 Å².